The van der Waals surface area contributed by atoms with Crippen LogP contribution in [0, 0.1) is 5.21 Å². The van der Waals surface area contributed by atoms with E-state index in [0.29, 0.717) is 0 Å². The van der Waals surface area contributed by atoms with Crippen LogP contribution in [0.2, 0.25) is 0 Å². The number of hydrogen-bond donors (Lipinski definition) is 0. The Morgan fingerprint density at radius 1 is 1.07 bits per heavy atom. The van der Waals surface area contributed by atoms with Gasteiger partial charge in [0.15, 0.2) is 12.3 Å². The zero-order valence-electron chi connectivity index (χ0n) is 8.93. The van der Waals surface area contributed by atoms with Crippen molar-refractivity contribution < 1.29 is 4.74 Å². The van der Waals surface area contributed by atoms with Gasteiger partial charge in [0, 0.05) is 18.4 Å². The van der Waals surface area contributed by atoms with Gasteiger partial charge in [-0.15, -0.1) is 0 Å². The van der Waals surface area contributed by atoms with Gasteiger partial charge >= 0.3 is 0 Å². The van der Waals surface area contributed by atoms with E-state index in [0.717, 1.165) is 23.1 Å². The number of hydrogen-bond acceptors (Lipinski definition) is 1. The molecule has 1 fully saturated rings. The summed E-state index contributed by atoms with van der Waals surface area (Å²) in [5.41, 5.74) is 0.998. The Hall–Kier alpha value is -1.31. The molecule has 0 N–H and O–H groups in total. The summed E-state index contributed by atoms with van der Waals surface area (Å²) < 4.78 is 1.15. The first-order valence-electron chi connectivity index (χ1n) is 5.71. The fourth-order valence-corrected chi connectivity index (χ4v) is 2.13. The molecule has 0 amide bonds. The SMILES string of the molecule is [O-][N+](=Cc1ccccc1)C1CCCCC1. The van der Waals surface area contributed by atoms with Crippen molar-refractivity contribution >= 4 is 6.21 Å². The van der Waals surface area contributed by atoms with E-state index in [-0.39, 0.29) is 6.04 Å². The molecular weight excluding hydrogens is 186 g/mol. The van der Waals surface area contributed by atoms with E-state index in [9.17, 15) is 5.21 Å². The molecule has 1 aromatic rings. The summed E-state index contributed by atoms with van der Waals surface area (Å²) in [4.78, 5) is 0. The monoisotopic (exact) mass is 203 g/mol. The summed E-state index contributed by atoms with van der Waals surface area (Å²) in [5.74, 6) is 0. The van der Waals surface area contributed by atoms with Crippen LogP contribution < -0.4 is 0 Å². The lowest BCUT2D eigenvalue weighted by Gasteiger charge is -2.20. The van der Waals surface area contributed by atoms with Crippen LogP contribution in [0.15, 0.2) is 30.3 Å². The Morgan fingerprint density at radius 3 is 2.40 bits per heavy atom. The Kier molecular flexibility index (Phi) is 3.38. The van der Waals surface area contributed by atoms with Crippen LogP contribution in [-0.4, -0.2) is 17.0 Å². The van der Waals surface area contributed by atoms with Crippen LogP contribution in [0.25, 0.3) is 0 Å². The lowest BCUT2D eigenvalue weighted by Crippen LogP contribution is -2.25. The van der Waals surface area contributed by atoms with Gasteiger partial charge in [-0.25, -0.2) is 4.74 Å². The third-order valence-corrected chi connectivity index (χ3v) is 3.01. The van der Waals surface area contributed by atoms with Crippen molar-refractivity contribution in [1.82, 2.24) is 0 Å². The summed E-state index contributed by atoms with van der Waals surface area (Å²) in [5, 5.41) is 11.8. The standard InChI is InChI=1S/C13H17NO/c15-14(13-9-5-2-6-10-13)11-12-7-3-1-4-8-12/h1,3-4,7-8,11,13H,2,5-6,9-10H2. The minimum Gasteiger partial charge on any atom is -0.624 e. The molecule has 0 atom stereocenters. The maximum atomic E-state index is 11.8. The molecule has 0 unspecified atom stereocenters. The fourth-order valence-electron chi connectivity index (χ4n) is 2.13. The lowest BCUT2D eigenvalue weighted by molar-refractivity contribution is -0.500. The van der Waals surface area contributed by atoms with E-state index < -0.39 is 0 Å². The second-order valence-corrected chi connectivity index (χ2v) is 4.19. The average Bonchev–Trinajstić information content (AvgIpc) is 2.31. The van der Waals surface area contributed by atoms with Gasteiger partial charge in [0.05, 0.1) is 0 Å². The molecule has 1 aliphatic carbocycles. The summed E-state index contributed by atoms with van der Waals surface area (Å²) in [6.07, 6.45) is 7.50. The molecule has 2 heteroatoms. The molecule has 1 saturated carbocycles. The molecule has 0 heterocycles. The zero-order chi connectivity index (χ0) is 10.5. The van der Waals surface area contributed by atoms with Crippen LogP contribution in [0.4, 0.5) is 0 Å². The summed E-state index contributed by atoms with van der Waals surface area (Å²) in [7, 11) is 0. The molecule has 0 aromatic heterocycles. The van der Waals surface area contributed by atoms with E-state index in [1.54, 1.807) is 6.21 Å². The van der Waals surface area contributed by atoms with Crippen molar-refractivity contribution in [3.05, 3.63) is 41.1 Å². The van der Waals surface area contributed by atoms with Gasteiger partial charge in [-0.05, 0) is 25.0 Å². The first-order chi connectivity index (χ1) is 7.36. The van der Waals surface area contributed by atoms with Gasteiger partial charge in [0.25, 0.3) is 0 Å². The highest BCUT2D eigenvalue weighted by Crippen LogP contribution is 2.19. The summed E-state index contributed by atoms with van der Waals surface area (Å²) in [6, 6.07) is 10.0. The Balaban J connectivity index is 2.06. The van der Waals surface area contributed by atoms with Gasteiger partial charge in [-0.3, -0.25) is 0 Å². The molecule has 2 rings (SSSR count). The Bertz CT molecular complexity index is 326. The topological polar surface area (TPSA) is 26.1 Å². The fraction of sp³-hybridized carbons (Fsp3) is 0.462. The van der Waals surface area contributed by atoms with Gasteiger partial charge in [-0.2, -0.15) is 0 Å². The van der Waals surface area contributed by atoms with E-state index in [2.05, 4.69) is 0 Å². The first-order valence-corrected chi connectivity index (χ1v) is 5.71. The van der Waals surface area contributed by atoms with Crippen LogP contribution in [-0.2, 0) is 0 Å². The summed E-state index contributed by atoms with van der Waals surface area (Å²) in [6.45, 7) is 0. The minimum absolute atomic E-state index is 0.207. The highest BCUT2D eigenvalue weighted by atomic mass is 16.5. The van der Waals surface area contributed by atoms with Gasteiger partial charge in [-0.1, -0.05) is 24.6 Å². The molecule has 1 aromatic carbocycles. The summed E-state index contributed by atoms with van der Waals surface area (Å²) >= 11 is 0. The maximum absolute atomic E-state index is 11.8. The Labute approximate surface area is 90.8 Å². The minimum atomic E-state index is 0.207. The highest BCUT2D eigenvalue weighted by Gasteiger charge is 2.19. The van der Waals surface area contributed by atoms with E-state index in [1.807, 2.05) is 30.3 Å². The van der Waals surface area contributed by atoms with Crippen molar-refractivity contribution in [2.45, 2.75) is 38.1 Å². The molecular formula is C13H17NO. The number of rotatable bonds is 2. The third-order valence-electron chi connectivity index (χ3n) is 3.01. The first kappa shape index (κ1) is 10.2. The second kappa shape index (κ2) is 4.96. The highest BCUT2D eigenvalue weighted by molar-refractivity contribution is 5.75. The van der Waals surface area contributed by atoms with Crippen molar-refractivity contribution in [3.63, 3.8) is 0 Å². The van der Waals surface area contributed by atoms with Crippen molar-refractivity contribution in [2.75, 3.05) is 0 Å². The lowest BCUT2D eigenvalue weighted by atomic mass is 9.96. The van der Waals surface area contributed by atoms with Crippen molar-refractivity contribution in [3.8, 4) is 0 Å². The van der Waals surface area contributed by atoms with Crippen LogP contribution >= 0.6 is 0 Å². The third kappa shape index (κ3) is 2.82. The molecule has 1 aliphatic rings. The molecule has 0 aliphatic heterocycles. The van der Waals surface area contributed by atoms with Crippen molar-refractivity contribution in [2.24, 2.45) is 0 Å². The maximum Gasteiger partial charge on any atom is 0.182 e. The second-order valence-electron chi connectivity index (χ2n) is 4.19. The van der Waals surface area contributed by atoms with E-state index >= 15 is 0 Å². The average molecular weight is 203 g/mol. The largest absolute Gasteiger partial charge is 0.624 e. The van der Waals surface area contributed by atoms with E-state index in [1.165, 1.54) is 19.3 Å². The number of hydroxylamine groups is 1. The van der Waals surface area contributed by atoms with E-state index in [4.69, 9.17) is 0 Å². The zero-order valence-corrected chi connectivity index (χ0v) is 8.93. The Morgan fingerprint density at radius 2 is 1.73 bits per heavy atom. The van der Waals surface area contributed by atoms with Gasteiger partial charge in [0.1, 0.15) is 0 Å². The van der Waals surface area contributed by atoms with Gasteiger partial charge < -0.3 is 5.21 Å². The molecule has 15 heavy (non-hydrogen) atoms. The van der Waals surface area contributed by atoms with Crippen LogP contribution in [0.5, 0.6) is 0 Å². The molecule has 0 saturated heterocycles. The van der Waals surface area contributed by atoms with Crippen LogP contribution in [0.1, 0.15) is 37.7 Å². The normalized spacial score (nSPS) is 19.1. The predicted molar refractivity (Wildman–Crippen MR) is 62.1 cm³/mol. The van der Waals surface area contributed by atoms with Crippen molar-refractivity contribution in [1.29, 1.82) is 0 Å². The molecule has 80 valence electrons. The molecule has 0 spiro atoms. The molecule has 0 bridgehead atoms. The van der Waals surface area contributed by atoms with Gasteiger partial charge in [0.2, 0.25) is 0 Å². The smallest absolute Gasteiger partial charge is 0.182 e. The van der Waals surface area contributed by atoms with Crippen LogP contribution in [0.3, 0.4) is 0 Å². The molecule has 2 nitrogen and oxygen atoms in total. The predicted octanol–water partition coefficient (Wildman–Crippen LogP) is 2.95. The number of benzene rings is 1. The number of nitrogens with zero attached hydrogens (tertiary/aromatic N) is 1. The quantitative estimate of drug-likeness (QED) is 0.314. The molecule has 0 radical (unpaired) electrons.